The van der Waals surface area contributed by atoms with Crippen LogP contribution in [0.1, 0.15) is 19.3 Å². The SMILES string of the molecule is O=[N+]([O-])c1cc(Cl)c(NC2(CO)CCC2)c(Cl)c1. The van der Waals surface area contributed by atoms with E-state index in [1.54, 1.807) is 0 Å². The molecule has 0 spiro atoms. The molecule has 0 bridgehead atoms. The molecule has 0 aromatic heterocycles. The maximum absolute atomic E-state index is 10.7. The molecule has 1 aromatic rings. The van der Waals surface area contributed by atoms with Crippen LogP contribution in [-0.2, 0) is 0 Å². The second-order valence-corrected chi connectivity index (χ2v) is 5.27. The summed E-state index contributed by atoms with van der Waals surface area (Å²) in [5, 5.41) is 23.5. The first kappa shape index (κ1) is 13.4. The fourth-order valence-corrected chi connectivity index (χ4v) is 2.55. The molecule has 7 heteroatoms. The number of rotatable bonds is 4. The van der Waals surface area contributed by atoms with E-state index in [0.717, 1.165) is 19.3 Å². The van der Waals surface area contributed by atoms with Crippen LogP contribution in [0.15, 0.2) is 12.1 Å². The monoisotopic (exact) mass is 290 g/mol. The molecule has 0 amide bonds. The first-order valence-electron chi connectivity index (χ1n) is 5.50. The van der Waals surface area contributed by atoms with Gasteiger partial charge in [-0.1, -0.05) is 23.2 Å². The molecule has 98 valence electrons. The lowest BCUT2D eigenvalue weighted by Gasteiger charge is -2.42. The van der Waals surface area contributed by atoms with Crippen molar-refractivity contribution >= 4 is 34.6 Å². The van der Waals surface area contributed by atoms with Crippen molar-refractivity contribution in [2.24, 2.45) is 0 Å². The highest BCUT2D eigenvalue weighted by molar-refractivity contribution is 6.39. The van der Waals surface area contributed by atoms with Gasteiger partial charge in [0.15, 0.2) is 0 Å². The summed E-state index contributed by atoms with van der Waals surface area (Å²) < 4.78 is 0. The van der Waals surface area contributed by atoms with Crippen LogP contribution in [0.4, 0.5) is 11.4 Å². The molecule has 1 aliphatic rings. The predicted molar refractivity (Wildman–Crippen MR) is 70.4 cm³/mol. The average molecular weight is 291 g/mol. The zero-order valence-electron chi connectivity index (χ0n) is 9.45. The highest BCUT2D eigenvalue weighted by Gasteiger charge is 2.37. The standard InChI is InChI=1S/C11H12Cl2N2O3/c12-8-4-7(15(17)18)5-9(13)10(8)14-11(6-16)2-1-3-11/h4-5,14,16H,1-3,6H2. The number of aliphatic hydroxyl groups excluding tert-OH is 1. The molecule has 5 nitrogen and oxygen atoms in total. The first-order valence-corrected chi connectivity index (χ1v) is 6.25. The van der Waals surface area contributed by atoms with Gasteiger partial charge in [-0.25, -0.2) is 0 Å². The summed E-state index contributed by atoms with van der Waals surface area (Å²) in [6.07, 6.45) is 2.68. The Morgan fingerprint density at radius 3 is 2.28 bits per heavy atom. The number of hydrogen-bond acceptors (Lipinski definition) is 4. The number of non-ortho nitro benzene ring substituents is 1. The molecule has 0 atom stereocenters. The Balaban J connectivity index is 2.31. The Kier molecular flexibility index (Phi) is 3.66. The molecule has 2 N–H and O–H groups in total. The molecule has 0 aliphatic heterocycles. The minimum absolute atomic E-state index is 0.0172. The fourth-order valence-electron chi connectivity index (χ4n) is 1.98. The van der Waals surface area contributed by atoms with E-state index in [9.17, 15) is 15.2 Å². The second kappa shape index (κ2) is 4.91. The summed E-state index contributed by atoms with van der Waals surface area (Å²) >= 11 is 12.0. The fraction of sp³-hybridized carbons (Fsp3) is 0.455. The Hall–Kier alpha value is -1.04. The summed E-state index contributed by atoms with van der Waals surface area (Å²) in [5.41, 5.74) is -0.108. The van der Waals surface area contributed by atoms with Crippen molar-refractivity contribution in [1.29, 1.82) is 0 Å². The normalized spacial score (nSPS) is 17.1. The molecule has 0 heterocycles. The molecule has 1 saturated carbocycles. The number of nitro benzene ring substituents is 1. The molecule has 0 saturated heterocycles. The lowest BCUT2D eigenvalue weighted by atomic mass is 9.77. The Morgan fingerprint density at radius 1 is 1.39 bits per heavy atom. The van der Waals surface area contributed by atoms with Crippen molar-refractivity contribution in [3.05, 3.63) is 32.3 Å². The minimum Gasteiger partial charge on any atom is -0.394 e. The van der Waals surface area contributed by atoms with Crippen molar-refractivity contribution in [3.8, 4) is 0 Å². The zero-order chi connectivity index (χ0) is 13.3. The van der Waals surface area contributed by atoms with E-state index >= 15 is 0 Å². The number of hydrogen-bond donors (Lipinski definition) is 2. The zero-order valence-corrected chi connectivity index (χ0v) is 11.0. The number of nitrogens with one attached hydrogen (secondary N) is 1. The van der Waals surface area contributed by atoms with Gasteiger partial charge < -0.3 is 10.4 Å². The molecule has 18 heavy (non-hydrogen) atoms. The number of nitro groups is 1. The smallest absolute Gasteiger partial charge is 0.272 e. The van der Waals surface area contributed by atoms with Crippen LogP contribution in [0.5, 0.6) is 0 Å². The summed E-state index contributed by atoms with van der Waals surface area (Å²) in [4.78, 5) is 10.1. The predicted octanol–water partition coefficient (Wildman–Crippen LogP) is 3.23. The van der Waals surface area contributed by atoms with Gasteiger partial charge in [-0.2, -0.15) is 0 Å². The van der Waals surface area contributed by atoms with E-state index in [-0.39, 0.29) is 22.3 Å². The Morgan fingerprint density at radius 2 is 1.94 bits per heavy atom. The summed E-state index contributed by atoms with van der Waals surface area (Å²) in [7, 11) is 0. The van der Waals surface area contributed by atoms with Crippen LogP contribution in [0.25, 0.3) is 0 Å². The largest absolute Gasteiger partial charge is 0.394 e. The Bertz CT molecular complexity index is 461. The van der Waals surface area contributed by atoms with E-state index in [1.807, 2.05) is 0 Å². The van der Waals surface area contributed by atoms with Gasteiger partial charge in [-0.05, 0) is 19.3 Å². The number of halogens is 2. The summed E-state index contributed by atoms with van der Waals surface area (Å²) in [6, 6.07) is 2.50. The summed E-state index contributed by atoms with van der Waals surface area (Å²) in [6.45, 7) is -0.0172. The van der Waals surface area contributed by atoms with Gasteiger partial charge in [0.2, 0.25) is 0 Å². The Labute approximate surface area is 114 Å². The lowest BCUT2D eigenvalue weighted by Crippen LogP contribution is -2.48. The minimum atomic E-state index is -0.549. The molecule has 1 aromatic carbocycles. The maximum Gasteiger partial charge on any atom is 0.272 e. The van der Waals surface area contributed by atoms with E-state index in [2.05, 4.69) is 5.32 Å². The van der Waals surface area contributed by atoms with Crippen LogP contribution in [-0.4, -0.2) is 22.2 Å². The van der Waals surface area contributed by atoms with Gasteiger partial charge in [0.25, 0.3) is 5.69 Å². The third-order valence-corrected chi connectivity index (χ3v) is 3.84. The van der Waals surface area contributed by atoms with Crippen LogP contribution in [0.2, 0.25) is 10.0 Å². The number of anilines is 1. The number of aliphatic hydroxyl groups is 1. The lowest BCUT2D eigenvalue weighted by molar-refractivity contribution is -0.384. The van der Waals surface area contributed by atoms with Crippen molar-refractivity contribution in [1.82, 2.24) is 0 Å². The van der Waals surface area contributed by atoms with Crippen LogP contribution in [0, 0.1) is 10.1 Å². The van der Waals surface area contributed by atoms with Crippen LogP contribution < -0.4 is 5.32 Å². The quantitative estimate of drug-likeness (QED) is 0.659. The van der Waals surface area contributed by atoms with Gasteiger partial charge >= 0.3 is 0 Å². The van der Waals surface area contributed by atoms with Gasteiger partial charge in [0.1, 0.15) is 0 Å². The van der Waals surface area contributed by atoms with E-state index in [4.69, 9.17) is 23.2 Å². The second-order valence-electron chi connectivity index (χ2n) is 4.46. The van der Waals surface area contributed by atoms with E-state index in [1.165, 1.54) is 12.1 Å². The highest BCUT2D eigenvalue weighted by Crippen LogP contribution is 2.41. The van der Waals surface area contributed by atoms with Gasteiger partial charge in [0, 0.05) is 12.1 Å². The van der Waals surface area contributed by atoms with Gasteiger partial charge in [-0.3, -0.25) is 10.1 Å². The summed E-state index contributed by atoms with van der Waals surface area (Å²) in [5.74, 6) is 0. The maximum atomic E-state index is 10.7. The first-order chi connectivity index (χ1) is 8.47. The van der Waals surface area contributed by atoms with E-state index in [0.29, 0.717) is 5.69 Å². The van der Waals surface area contributed by atoms with Crippen LogP contribution >= 0.6 is 23.2 Å². The van der Waals surface area contributed by atoms with Crippen molar-refractivity contribution < 1.29 is 10.0 Å². The van der Waals surface area contributed by atoms with Crippen molar-refractivity contribution in [2.75, 3.05) is 11.9 Å². The molecular weight excluding hydrogens is 279 g/mol. The average Bonchev–Trinajstić information content (AvgIpc) is 2.26. The van der Waals surface area contributed by atoms with Crippen molar-refractivity contribution in [2.45, 2.75) is 24.8 Å². The molecule has 0 unspecified atom stereocenters. The molecule has 1 aliphatic carbocycles. The van der Waals surface area contributed by atoms with Gasteiger partial charge in [0.05, 0.1) is 32.8 Å². The molecular formula is C11H12Cl2N2O3. The third kappa shape index (κ3) is 2.39. The number of benzene rings is 1. The topological polar surface area (TPSA) is 75.4 Å². The van der Waals surface area contributed by atoms with Crippen LogP contribution in [0.3, 0.4) is 0 Å². The van der Waals surface area contributed by atoms with E-state index < -0.39 is 10.5 Å². The molecule has 2 rings (SSSR count). The third-order valence-electron chi connectivity index (χ3n) is 3.24. The van der Waals surface area contributed by atoms with Gasteiger partial charge in [-0.15, -0.1) is 0 Å². The number of nitrogens with zero attached hydrogens (tertiary/aromatic N) is 1. The molecule has 0 radical (unpaired) electrons. The van der Waals surface area contributed by atoms with Crippen molar-refractivity contribution in [3.63, 3.8) is 0 Å². The highest BCUT2D eigenvalue weighted by atomic mass is 35.5. The molecule has 1 fully saturated rings.